The van der Waals surface area contributed by atoms with Crippen LogP contribution < -0.4 is 5.32 Å². The minimum absolute atomic E-state index is 0.630. The van der Waals surface area contributed by atoms with Gasteiger partial charge in [-0.3, -0.25) is 0 Å². The summed E-state index contributed by atoms with van der Waals surface area (Å²) in [5, 5.41) is 3.43. The topological polar surface area (TPSA) is 12.0 Å². The Morgan fingerprint density at radius 2 is 1.94 bits per heavy atom. The van der Waals surface area contributed by atoms with Crippen molar-refractivity contribution in [2.45, 2.75) is 40.0 Å². The lowest BCUT2D eigenvalue weighted by Crippen LogP contribution is -2.24. The van der Waals surface area contributed by atoms with E-state index in [9.17, 15) is 0 Å². The maximum absolute atomic E-state index is 3.43. The van der Waals surface area contributed by atoms with Crippen LogP contribution in [0.4, 0.5) is 0 Å². The summed E-state index contributed by atoms with van der Waals surface area (Å²) in [6.45, 7) is 11.2. The lowest BCUT2D eigenvalue weighted by Gasteiger charge is -2.21. The molecule has 90 valence electrons. The van der Waals surface area contributed by atoms with E-state index >= 15 is 0 Å². The molecule has 2 unspecified atom stereocenters. The molecule has 0 amide bonds. The number of benzene rings is 1. The highest BCUT2D eigenvalue weighted by atomic mass is 14.8. The number of hydrogen-bond acceptors (Lipinski definition) is 1. The summed E-state index contributed by atoms with van der Waals surface area (Å²) in [4.78, 5) is 0. The van der Waals surface area contributed by atoms with Gasteiger partial charge in [0.15, 0.2) is 0 Å². The van der Waals surface area contributed by atoms with E-state index in [-0.39, 0.29) is 0 Å². The molecule has 2 atom stereocenters. The number of aryl methyl sites for hydroxylation is 1. The van der Waals surface area contributed by atoms with Gasteiger partial charge in [0.25, 0.3) is 0 Å². The first-order valence-electron chi connectivity index (χ1n) is 6.48. The maximum Gasteiger partial charge on any atom is -0.00175 e. The van der Waals surface area contributed by atoms with Crippen LogP contribution in [0.1, 0.15) is 44.7 Å². The van der Waals surface area contributed by atoms with E-state index in [1.807, 2.05) is 0 Å². The van der Waals surface area contributed by atoms with Crippen LogP contribution in [0.25, 0.3) is 0 Å². The Balaban J connectivity index is 2.67. The summed E-state index contributed by atoms with van der Waals surface area (Å²) in [5.41, 5.74) is 2.92. The molecule has 0 bridgehead atoms. The Hall–Kier alpha value is -0.820. The molecule has 1 aromatic rings. The molecule has 0 saturated carbocycles. The Kier molecular flexibility index (Phi) is 5.54. The second-order valence-corrected chi connectivity index (χ2v) is 4.67. The fourth-order valence-electron chi connectivity index (χ4n) is 1.97. The van der Waals surface area contributed by atoms with E-state index in [0.717, 1.165) is 19.5 Å². The van der Waals surface area contributed by atoms with Crippen LogP contribution in [0.5, 0.6) is 0 Å². The lowest BCUT2D eigenvalue weighted by atomic mass is 9.88. The van der Waals surface area contributed by atoms with Gasteiger partial charge in [-0.2, -0.15) is 0 Å². The minimum atomic E-state index is 0.630. The van der Waals surface area contributed by atoms with E-state index in [2.05, 4.69) is 57.3 Å². The summed E-state index contributed by atoms with van der Waals surface area (Å²) in [5.74, 6) is 1.32. The molecule has 1 aromatic carbocycles. The van der Waals surface area contributed by atoms with Gasteiger partial charge in [0.2, 0.25) is 0 Å². The highest BCUT2D eigenvalue weighted by Gasteiger charge is 2.13. The number of hydrogen-bond donors (Lipinski definition) is 1. The predicted molar refractivity (Wildman–Crippen MR) is 71.9 cm³/mol. The van der Waals surface area contributed by atoms with Gasteiger partial charge < -0.3 is 5.32 Å². The molecule has 0 fully saturated rings. The molecule has 0 radical (unpaired) electrons. The zero-order valence-electron chi connectivity index (χ0n) is 11.1. The van der Waals surface area contributed by atoms with Crippen molar-refractivity contribution in [1.29, 1.82) is 0 Å². The Labute approximate surface area is 100 Å². The van der Waals surface area contributed by atoms with Gasteiger partial charge in [-0.1, -0.05) is 52.0 Å². The molecule has 0 spiro atoms. The minimum Gasteiger partial charge on any atom is -0.317 e. The molecule has 0 aliphatic carbocycles. The fraction of sp³-hybridized carbons (Fsp3) is 0.600. The van der Waals surface area contributed by atoms with E-state index in [0.29, 0.717) is 11.8 Å². The predicted octanol–water partition coefficient (Wildman–Crippen LogP) is 3.60. The van der Waals surface area contributed by atoms with Gasteiger partial charge in [-0.25, -0.2) is 0 Å². The first kappa shape index (κ1) is 13.2. The van der Waals surface area contributed by atoms with Gasteiger partial charge in [0, 0.05) is 0 Å². The molecular formula is C15H25N. The quantitative estimate of drug-likeness (QED) is 0.771. The standard InChI is InChI=1S/C15H25N/c1-5-14-8-7-9-15(10-14)13(4)12(3)11-16-6-2/h7-10,12-13,16H,5-6,11H2,1-4H3. The third-order valence-electron chi connectivity index (χ3n) is 3.45. The lowest BCUT2D eigenvalue weighted by molar-refractivity contribution is 0.454. The van der Waals surface area contributed by atoms with Crippen molar-refractivity contribution in [3.63, 3.8) is 0 Å². The van der Waals surface area contributed by atoms with Crippen molar-refractivity contribution in [1.82, 2.24) is 5.32 Å². The molecule has 0 aliphatic heterocycles. The smallest absolute Gasteiger partial charge is 0.00175 e. The molecule has 16 heavy (non-hydrogen) atoms. The number of nitrogens with one attached hydrogen (secondary N) is 1. The third-order valence-corrected chi connectivity index (χ3v) is 3.45. The van der Waals surface area contributed by atoms with Gasteiger partial charge in [0.1, 0.15) is 0 Å². The molecule has 1 heteroatoms. The third kappa shape index (κ3) is 3.64. The summed E-state index contributed by atoms with van der Waals surface area (Å²) in [6, 6.07) is 9.01. The summed E-state index contributed by atoms with van der Waals surface area (Å²) in [6.07, 6.45) is 1.13. The molecule has 1 rings (SSSR count). The van der Waals surface area contributed by atoms with Crippen molar-refractivity contribution < 1.29 is 0 Å². The van der Waals surface area contributed by atoms with Crippen LogP contribution in [0.2, 0.25) is 0 Å². The summed E-state index contributed by atoms with van der Waals surface area (Å²) in [7, 11) is 0. The van der Waals surface area contributed by atoms with Crippen LogP contribution in [0, 0.1) is 5.92 Å². The van der Waals surface area contributed by atoms with Crippen molar-refractivity contribution in [2.24, 2.45) is 5.92 Å². The molecule has 1 N–H and O–H groups in total. The van der Waals surface area contributed by atoms with Gasteiger partial charge in [0.05, 0.1) is 0 Å². The summed E-state index contributed by atoms with van der Waals surface area (Å²) < 4.78 is 0. The summed E-state index contributed by atoms with van der Waals surface area (Å²) >= 11 is 0. The van der Waals surface area contributed by atoms with Gasteiger partial charge in [-0.05, 0) is 42.5 Å². The van der Waals surface area contributed by atoms with Crippen molar-refractivity contribution in [3.05, 3.63) is 35.4 Å². The van der Waals surface area contributed by atoms with Gasteiger partial charge in [-0.15, -0.1) is 0 Å². The first-order chi connectivity index (χ1) is 7.69. The van der Waals surface area contributed by atoms with E-state index in [4.69, 9.17) is 0 Å². The van der Waals surface area contributed by atoms with Crippen molar-refractivity contribution >= 4 is 0 Å². The largest absolute Gasteiger partial charge is 0.317 e. The normalized spacial score (nSPS) is 14.8. The van der Waals surface area contributed by atoms with E-state index < -0.39 is 0 Å². The van der Waals surface area contributed by atoms with Crippen LogP contribution in [-0.4, -0.2) is 13.1 Å². The fourth-order valence-corrected chi connectivity index (χ4v) is 1.97. The average molecular weight is 219 g/mol. The van der Waals surface area contributed by atoms with Crippen LogP contribution in [0.15, 0.2) is 24.3 Å². The molecule has 1 nitrogen and oxygen atoms in total. The first-order valence-corrected chi connectivity index (χ1v) is 6.48. The van der Waals surface area contributed by atoms with Crippen LogP contribution in [0.3, 0.4) is 0 Å². The molecule has 0 saturated heterocycles. The highest BCUT2D eigenvalue weighted by molar-refractivity contribution is 5.26. The van der Waals surface area contributed by atoms with E-state index in [1.54, 1.807) is 0 Å². The van der Waals surface area contributed by atoms with E-state index in [1.165, 1.54) is 11.1 Å². The zero-order chi connectivity index (χ0) is 12.0. The van der Waals surface area contributed by atoms with Crippen LogP contribution >= 0.6 is 0 Å². The highest BCUT2D eigenvalue weighted by Crippen LogP contribution is 2.24. The molecule has 0 aromatic heterocycles. The second-order valence-electron chi connectivity index (χ2n) is 4.67. The Bertz CT molecular complexity index is 306. The average Bonchev–Trinajstić information content (AvgIpc) is 2.35. The molecule has 0 heterocycles. The number of rotatable bonds is 6. The SMILES string of the molecule is CCNCC(C)C(C)c1cccc(CC)c1. The van der Waals surface area contributed by atoms with Gasteiger partial charge >= 0.3 is 0 Å². The van der Waals surface area contributed by atoms with Crippen LogP contribution in [-0.2, 0) is 6.42 Å². The Morgan fingerprint density at radius 1 is 1.19 bits per heavy atom. The second kappa shape index (κ2) is 6.70. The van der Waals surface area contributed by atoms with Crippen molar-refractivity contribution in [3.8, 4) is 0 Å². The maximum atomic E-state index is 3.43. The van der Waals surface area contributed by atoms with Crippen molar-refractivity contribution in [2.75, 3.05) is 13.1 Å². The zero-order valence-corrected chi connectivity index (χ0v) is 11.1. The Morgan fingerprint density at radius 3 is 2.56 bits per heavy atom. The molecular weight excluding hydrogens is 194 g/mol. The molecule has 0 aliphatic rings. The monoisotopic (exact) mass is 219 g/mol.